The molecular weight excluding hydrogens is 562 g/mol. The summed E-state index contributed by atoms with van der Waals surface area (Å²) >= 11 is 8.75. The number of hydrogen-bond donors (Lipinski definition) is 1. The monoisotopic (exact) mass is 577 g/mol. The van der Waals surface area contributed by atoms with Gasteiger partial charge in [0.25, 0.3) is 0 Å². The van der Waals surface area contributed by atoms with Gasteiger partial charge in [-0.15, -0.1) is 11.3 Å². The van der Waals surface area contributed by atoms with Gasteiger partial charge in [-0.05, 0) is 64.8 Å². The minimum atomic E-state index is 0.546. The third-order valence-electron chi connectivity index (χ3n) is 4.94. The summed E-state index contributed by atoms with van der Waals surface area (Å²) in [7, 11) is 0. The molecule has 5 nitrogen and oxygen atoms in total. The van der Waals surface area contributed by atoms with Gasteiger partial charge in [-0.25, -0.2) is 15.0 Å². The van der Waals surface area contributed by atoms with E-state index in [0.717, 1.165) is 46.3 Å². The van der Waals surface area contributed by atoms with Gasteiger partial charge in [-0.1, -0.05) is 52.3 Å². The molecule has 1 N–H and O–H groups in total. The second-order valence-corrected chi connectivity index (χ2v) is 10.1. The van der Waals surface area contributed by atoms with Gasteiger partial charge in [0.2, 0.25) is 0 Å². The summed E-state index contributed by atoms with van der Waals surface area (Å²) < 4.78 is 2.99. The third-order valence-corrected chi connectivity index (χ3v) is 6.97. The fourth-order valence-electron chi connectivity index (χ4n) is 3.38. The zero-order chi connectivity index (χ0) is 22.8. The number of halogens is 2. The molecule has 0 spiro atoms. The van der Waals surface area contributed by atoms with Crippen LogP contribution in [0.5, 0.6) is 0 Å². The molecule has 3 aromatic carbocycles. The molecule has 5 aromatic rings. The van der Waals surface area contributed by atoms with E-state index in [0.29, 0.717) is 11.5 Å². The van der Waals surface area contributed by atoms with Gasteiger partial charge in [0.15, 0.2) is 5.84 Å². The van der Waals surface area contributed by atoms with E-state index >= 15 is 0 Å². The zero-order valence-electron chi connectivity index (χ0n) is 17.5. The Morgan fingerprint density at radius 1 is 0.939 bits per heavy atom. The van der Waals surface area contributed by atoms with Gasteiger partial charge in [0.05, 0.1) is 27.6 Å². The summed E-state index contributed by atoms with van der Waals surface area (Å²) in [4.78, 5) is 14.3. The van der Waals surface area contributed by atoms with Crippen molar-refractivity contribution in [2.24, 2.45) is 10.1 Å². The normalized spacial score (nSPS) is 12.2. The van der Waals surface area contributed by atoms with Gasteiger partial charge >= 0.3 is 0 Å². The molecular formula is C25H17Br2N5S. The second-order valence-electron chi connectivity index (χ2n) is 7.29. The lowest BCUT2D eigenvalue weighted by Gasteiger charge is -2.10. The Morgan fingerprint density at radius 2 is 1.73 bits per heavy atom. The van der Waals surface area contributed by atoms with Crippen LogP contribution in [0.25, 0.3) is 21.1 Å². The van der Waals surface area contributed by atoms with Gasteiger partial charge in [-0.3, -0.25) is 5.43 Å². The van der Waals surface area contributed by atoms with Crippen molar-refractivity contribution in [3.63, 3.8) is 0 Å². The highest BCUT2D eigenvalue weighted by molar-refractivity contribution is 9.11. The molecule has 0 saturated heterocycles. The molecule has 0 atom stereocenters. The topological polar surface area (TPSA) is 62.5 Å². The van der Waals surface area contributed by atoms with Crippen molar-refractivity contribution in [1.82, 2.24) is 15.4 Å². The van der Waals surface area contributed by atoms with Crippen molar-refractivity contribution in [3.05, 3.63) is 98.0 Å². The van der Waals surface area contributed by atoms with Crippen LogP contribution in [0.15, 0.2) is 91.8 Å². The molecule has 0 fully saturated rings. The Hall–Kier alpha value is -2.94. The number of thiazole rings is 1. The Morgan fingerprint density at radius 3 is 2.55 bits per heavy atom. The van der Waals surface area contributed by atoms with Crippen LogP contribution in [0.3, 0.4) is 0 Å². The number of pyridine rings is 1. The number of aromatic nitrogens is 2. The molecule has 0 unspecified atom stereocenters. The Labute approximate surface area is 211 Å². The summed E-state index contributed by atoms with van der Waals surface area (Å²) in [5.74, 6) is 0.546. The van der Waals surface area contributed by atoms with E-state index in [2.05, 4.69) is 53.4 Å². The zero-order valence-corrected chi connectivity index (χ0v) is 21.4. The standard InChI is InChI=1S/C25H17Br2N5S/c1-15-12-17(26)13-18(27)24(15)31-25(21-11-10-16-6-2-3-7-19(16)29-21)32-28-14-23-30-20-8-4-5-9-22(20)33-23/h2-14H,1H3,(H,31,32). The molecule has 0 aliphatic carbocycles. The molecule has 2 aromatic heterocycles. The van der Waals surface area contributed by atoms with Crippen molar-refractivity contribution < 1.29 is 0 Å². The van der Waals surface area contributed by atoms with E-state index in [1.165, 1.54) is 0 Å². The predicted molar refractivity (Wildman–Crippen MR) is 145 cm³/mol. The van der Waals surface area contributed by atoms with Crippen LogP contribution in [-0.4, -0.2) is 22.0 Å². The van der Waals surface area contributed by atoms with Crippen molar-refractivity contribution in [2.75, 3.05) is 0 Å². The predicted octanol–water partition coefficient (Wildman–Crippen LogP) is 7.38. The third kappa shape index (κ3) is 4.88. The number of nitrogens with one attached hydrogen (secondary N) is 1. The van der Waals surface area contributed by atoms with Crippen LogP contribution in [0.1, 0.15) is 16.3 Å². The number of para-hydroxylation sites is 2. The maximum Gasteiger partial charge on any atom is 0.173 e. The highest BCUT2D eigenvalue weighted by Gasteiger charge is 2.11. The number of nitrogens with zero attached hydrogens (tertiary/aromatic N) is 4. The average molecular weight is 579 g/mol. The smallest absolute Gasteiger partial charge is 0.173 e. The number of fused-ring (bicyclic) bond motifs is 2. The van der Waals surface area contributed by atoms with Crippen LogP contribution < -0.4 is 5.43 Å². The lowest BCUT2D eigenvalue weighted by Crippen LogP contribution is -2.20. The van der Waals surface area contributed by atoms with E-state index in [1.54, 1.807) is 17.6 Å². The van der Waals surface area contributed by atoms with Crippen molar-refractivity contribution in [2.45, 2.75) is 6.92 Å². The Balaban J connectivity index is 1.54. The number of rotatable bonds is 4. The lowest BCUT2D eigenvalue weighted by atomic mass is 10.2. The number of aryl methyl sites for hydroxylation is 1. The number of hydrazone groups is 1. The van der Waals surface area contributed by atoms with E-state index in [4.69, 9.17) is 9.98 Å². The first-order valence-electron chi connectivity index (χ1n) is 10.1. The van der Waals surface area contributed by atoms with Crippen molar-refractivity contribution >= 4 is 82.1 Å². The highest BCUT2D eigenvalue weighted by atomic mass is 79.9. The Kier molecular flexibility index (Phi) is 6.30. The van der Waals surface area contributed by atoms with Crippen LogP contribution in [-0.2, 0) is 0 Å². The molecule has 162 valence electrons. The first kappa shape index (κ1) is 21.9. The van der Waals surface area contributed by atoms with Gasteiger partial charge < -0.3 is 0 Å². The quantitative estimate of drug-likeness (QED) is 0.137. The molecule has 0 radical (unpaired) electrons. The van der Waals surface area contributed by atoms with Crippen LogP contribution >= 0.6 is 43.2 Å². The molecule has 33 heavy (non-hydrogen) atoms. The number of benzene rings is 3. The first-order valence-corrected chi connectivity index (χ1v) is 12.5. The summed E-state index contributed by atoms with van der Waals surface area (Å²) in [6, 6.07) is 24.0. The lowest BCUT2D eigenvalue weighted by molar-refractivity contribution is 1.02. The molecule has 0 amide bonds. The van der Waals surface area contributed by atoms with E-state index in [9.17, 15) is 0 Å². The van der Waals surface area contributed by atoms with Crippen LogP contribution in [0, 0.1) is 6.92 Å². The van der Waals surface area contributed by atoms with Gasteiger partial charge in [0, 0.05) is 14.3 Å². The maximum absolute atomic E-state index is 4.89. The Bertz CT molecular complexity index is 1480. The largest absolute Gasteiger partial charge is 0.259 e. The van der Waals surface area contributed by atoms with Crippen molar-refractivity contribution in [3.8, 4) is 0 Å². The number of aliphatic imine (C=N–C) groups is 1. The molecule has 0 aliphatic heterocycles. The summed E-state index contributed by atoms with van der Waals surface area (Å²) in [6.07, 6.45) is 1.71. The van der Waals surface area contributed by atoms with Gasteiger partial charge in [-0.2, -0.15) is 5.10 Å². The van der Waals surface area contributed by atoms with E-state index < -0.39 is 0 Å². The van der Waals surface area contributed by atoms with E-state index in [1.807, 2.05) is 73.7 Å². The summed E-state index contributed by atoms with van der Waals surface area (Å²) in [5.41, 5.74) is 7.49. The van der Waals surface area contributed by atoms with Crippen molar-refractivity contribution in [1.29, 1.82) is 0 Å². The first-order chi connectivity index (χ1) is 16.1. The SMILES string of the molecule is Cc1cc(Br)cc(Br)c1N=C(NN=Cc1nc2ccccc2s1)c1ccc2ccccc2n1. The summed E-state index contributed by atoms with van der Waals surface area (Å²) in [6.45, 7) is 2.02. The molecule has 0 aliphatic rings. The fraction of sp³-hybridized carbons (Fsp3) is 0.0400. The molecule has 0 saturated carbocycles. The van der Waals surface area contributed by atoms with Crippen LogP contribution in [0.4, 0.5) is 5.69 Å². The molecule has 2 heterocycles. The van der Waals surface area contributed by atoms with Crippen LogP contribution in [0.2, 0.25) is 0 Å². The second kappa shape index (κ2) is 9.51. The summed E-state index contributed by atoms with van der Waals surface area (Å²) in [5, 5.41) is 6.33. The minimum absolute atomic E-state index is 0.546. The molecule has 5 rings (SSSR count). The average Bonchev–Trinajstić information content (AvgIpc) is 3.22. The van der Waals surface area contributed by atoms with E-state index in [-0.39, 0.29) is 0 Å². The number of hydrogen-bond acceptors (Lipinski definition) is 5. The fourth-order valence-corrected chi connectivity index (χ4v) is 5.75. The number of amidine groups is 1. The highest BCUT2D eigenvalue weighted by Crippen LogP contribution is 2.33. The minimum Gasteiger partial charge on any atom is -0.259 e. The molecule has 8 heteroatoms. The molecule has 0 bridgehead atoms. The van der Waals surface area contributed by atoms with Gasteiger partial charge in [0.1, 0.15) is 10.7 Å². The maximum atomic E-state index is 4.89.